The van der Waals surface area contributed by atoms with E-state index >= 15 is 0 Å². The van der Waals surface area contributed by atoms with E-state index in [2.05, 4.69) is 0 Å². The molecule has 0 aliphatic rings. The molecule has 0 aromatic heterocycles. The van der Waals surface area contributed by atoms with Gasteiger partial charge in [0.05, 0.1) is 10.5 Å². The fourth-order valence-electron chi connectivity index (χ4n) is 1.93. The van der Waals surface area contributed by atoms with Crippen LogP contribution in [0.5, 0.6) is 0 Å². The molecule has 102 valence electrons. The molecule has 0 fully saturated rings. The van der Waals surface area contributed by atoms with Gasteiger partial charge in [-0.2, -0.15) is 0 Å². The van der Waals surface area contributed by atoms with Crippen LogP contribution in [-0.2, 0) is 9.67 Å². The van der Waals surface area contributed by atoms with Gasteiger partial charge >= 0.3 is 0 Å². The summed E-state index contributed by atoms with van der Waals surface area (Å²) in [6, 6.07) is 12.4. The van der Waals surface area contributed by atoms with E-state index in [-0.39, 0.29) is 16.3 Å². The van der Waals surface area contributed by atoms with Crippen LogP contribution < -0.4 is 0 Å². The third-order valence-corrected chi connectivity index (χ3v) is 3.65. The second-order valence-corrected chi connectivity index (χ2v) is 5.15. The van der Waals surface area contributed by atoms with Gasteiger partial charge in [0.15, 0.2) is 4.87 Å². The van der Waals surface area contributed by atoms with Crippen LogP contribution in [0.15, 0.2) is 48.5 Å². The molecule has 0 heterocycles. The summed E-state index contributed by atoms with van der Waals surface area (Å²) in [6.07, 6.45) is 0.475. The number of carbonyl (C=O) groups excluding carboxylic acids is 1. The van der Waals surface area contributed by atoms with Crippen LogP contribution in [0.3, 0.4) is 0 Å². The Kier molecular flexibility index (Phi) is 4.06. The van der Waals surface area contributed by atoms with Gasteiger partial charge < -0.3 is 4.79 Å². The Bertz CT molecular complexity index is 661. The first-order valence-electron chi connectivity index (χ1n) is 5.64. The lowest BCUT2D eigenvalue weighted by Crippen LogP contribution is -2.23. The maximum atomic E-state index is 11.5. The number of halogens is 2. The molecule has 0 saturated carbocycles. The number of rotatable bonds is 4. The molecule has 1 atom stereocenters. The van der Waals surface area contributed by atoms with Crippen molar-refractivity contribution < 1.29 is 9.72 Å². The summed E-state index contributed by atoms with van der Waals surface area (Å²) in [7, 11) is 0. The zero-order valence-electron chi connectivity index (χ0n) is 10.1. The molecule has 0 saturated heterocycles. The lowest BCUT2D eigenvalue weighted by atomic mass is 9.90. The van der Waals surface area contributed by atoms with Crippen molar-refractivity contribution in [2.45, 2.75) is 4.87 Å². The van der Waals surface area contributed by atoms with Gasteiger partial charge in [-0.3, -0.25) is 10.1 Å². The molecule has 1 unspecified atom stereocenters. The van der Waals surface area contributed by atoms with Gasteiger partial charge in [0.25, 0.3) is 5.69 Å². The second kappa shape index (κ2) is 5.61. The molecule has 2 aromatic carbocycles. The van der Waals surface area contributed by atoms with Gasteiger partial charge in [-0.05, 0) is 17.7 Å². The Morgan fingerprint density at radius 1 is 1.15 bits per heavy atom. The number of hydrogen-bond donors (Lipinski definition) is 0. The molecule has 0 N–H and O–H groups in total. The van der Waals surface area contributed by atoms with E-state index in [1.807, 2.05) is 0 Å². The smallest absolute Gasteiger partial charge is 0.275 e. The Hall–Kier alpha value is -1.91. The largest absolute Gasteiger partial charge is 0.301 e. The fourth-order valence-corrected chi connectivity index (χ4v) is 2.38. The summed E-state index contributed by atoms with van der Waals surface area (Å²) in [4.78, 5) is 20.4. The van der Waals surface area contributed by atoms with Gasteiger partial charge in [-0.15, -0.1) is 11.6 Å². The molecule has 2 aromatic rings. The standard InChI is InChI=1S/C14H9Cl2NO3/c15-11-6-7-13(17(19)20)12(8-11)14(16,9-18)10-4-2-1-3-5-10/h1-9H. The van der Waals surface area contributed by atoms with Crippen molar-refractivity contribution in [3.63, 3.8) is 0 Å². The van der Waals surface area contributed by atoms with Crippen molar-refractivity contribution in [3.05, 3.63) is 74.8 Å². The molecule has 20 heavy (non-hydrogen) atoms. The minimum Gasteiger partial charge on any atom is -0.301 e. The molecule has 0 aliphatic carbocycles. The zero-order valence-corrected chi connectivity index (χ0v) is 11.6. The number of nitrogens with zero attached hydrogens (tertiary/aromatic N) is 1. The monoisotopic (exact) mass is 309 g/mol. The van der Waals surface area contributed by atoms with Crippen LogP contribution in [0.1, 0.15) is 11.1 Å². The number of benzene rings is 2. The highest BCUT2D eigenvalue weighted by Gasteiger charge is 2.37. The number of aldehydes is 1. The van der Waals surface area contributed by atoms with Crippen LogP contribution in [0, 0.1) is 10.1 Å². The number of nitro benzene ring substituents is 1. The molecular formula is C14H9Cl2NO3. The van der Waals surface area contributed by atoms with Crippen LogP contribution >= 0.6 is 23.2 Å². The van der Waals surface area contributed by atoms with Crippen LogP contribution in [0.4, 0.5) is 5.69 Å². The molecule has 0 radical (unpaired) electrons. The predicted octanol–water partition coefficient (Wildman–Crippen LogP) is 3.93. The van der Waals surface area contributed by atoms with E-state index in [1.54, 1.807) is 30.3 Å². The first-order chi connectivity index (χ1) is 9.49. The molecule has 0 aliphatic heterocycles. The molecule has 2 rings (SSSR count). The molecule has 6 heteroatoms. The van der Waals surface area contributed by atoms with Crippen LogP contribution in [0.2, 0.25) is 5.02 Å². The van der Waals surface area contributed by atoms with Gasteiger partial charge in [0.1, 0.15) is 6.29 Å². The first kappa shape index (κ1) is 14.5. The van der Waals surface area contributed by atoms with Crippen molar-refractivity contribution >= 4 is 35.2 Å². The Labute approximate surface area is 125 Å². The van der Waals surface area contributed by atoms with Crippen LogP contribution in [0.25, 0.3) is 0 Å². The average Bonchev–Trinajstić information content (AvgIpc) is 2.47. The van der Waals surface area contributed by atoms with Gasteiger partial charge in [0, 0.05) is 11.1 Å². The quantitative estimate of drug-likeness (QED) is 0.372. The van der Waals surface area contributed by atoms with E-state index in [4.69, 9.17) is 23.2 Å². The Balaban J connectivity index is 2.72. The van der Waals surface area contributed by atoms with Crippen molar-refractivity contribution in [2.75, 3.05) is 0 Å². The summed E-state index contributed by atoms with van der Waals surface area (Å²) < 4.78 is 0. The highest BCUT2D eigenvalue weighted by Crippen LogP contribution is 2.40. The zero-order chi connectivity index (χ0) is 14.8. The van der Waals surface area contributed by atoms with Crippen molar-refractivity contribution in [3.8, 4) is 0 Å². The predicted molar refractivity (Wildman–Crippen MR) is 77.2 cm³/mol. The fraction of sp³-hybridized carbons (Fsp3) is 0.0714. The summed E-state index contributed by atoms with van der Waals surface area (Å²) in [5.74, 6) is 0. The molecule has 0 bridgehead atoms. The summed E-state index contributed by atoms with van der Waals surface area (Å²) >= 11 is 12.2. The van der Waals surface area contributed by atoms with E-state index in [0.29, 0.717) is 11.8 Å². The number of nitro groups is 1. The molecule has 4 nitrogen and oxygen atoms in total. The molecule has 0 spiro atoms. The Morgan fingerprint density at radius 2 is 1.80 bits per heavy atom. The maximum Gasteiger partial charge on any atom is 0.275 e. The van der Waals surface area contributed by atoms with Crippen molar-refractivity contribution in [1.29, 1.82) is 0 Å². The van der Waals surface area contributed by atoms with Gasteiger partial charge in [-0.25, -0.2) is 0 Å². The third kappa shape index (κ3) is 2.53. The normalized spacial score (nSPS) is 13.5. The van der Waals surface area contributed by atoms with E-state index in [1.165, 1.54) is 18.2 Å². The summed E-state index contributed by atoms with van der Waals surface area (Å²) in [5, 5.41) is 11.4. The van der Waals surface area contributed by atoms with E-state index < -0.39 is 9.80 Å². The number of hydrogen-bond acceptors (Lipinski definition) is 3. The summed E-state index contributed by atoms with van der Waals surface area (Å²) in [6.45, 7) is 0. The van der Waals surface area contributed by atoms with Gasteiger partial charge in [0.2, 0.25) is 0 Å². The number of carbonyl (C=O) groups is 1. The molecular weight excluding hydrogens is 301 g/mol. The maximum absolute atomic E-state index is 11.5. The summed E-state index contributed by atoms with van der Waals surface area (Å²) in [5.41, 5.74) is 0.250. The van der Waals surface area contributed by atoms with Crippen molar-refractivity contribution in [2.24, 2.45) is 0 Å². The third-order valence-electron chi connectivity index (χ3n) is 2.90. The Morgan fingerprint density at radius 3 is 2.35 bits per heavy atom. The lowest BCUT2D eigenvalue weighted by Gasteiger charge is -2.21. The lowest BCUT2D eigenvalue weighted by molar-refractivity contribution is -0.385. The second-order valence-electron chi connectivity index (χ2n) is 4.11. The highest BCUT2D eigenvalue weighted by atomic mass is 35.5. The minimum absolute atomic E-state index is 0.0536. The van der Waals surface area contributed by atoms with Crippen LogP contribution in [-0.4, -0.2) is 11.2 Å². The highest BCUT2D eigenvalue weighted by molar-refractivity contribution is 6.35. The van der Waals surface area contributed by atoms with Gasteiger partial charge in [-0.1, -0.05) is 41.9 Å². The average molecular weight is 310 g/mol. The first-order valence-corrected chi connectivity index (χ1v) is 6.40. The number of alkyl halides is 1. The molecule has 0 amide bonds. The van der Waals surface area contributed by atoms with Crippen molar-refractivity contribution in [1.82, 2.24) is 0 Å². The topological polar surface area (TPSA) is 60.2 Å². The minimum atomic E-state index is -1.64. The van der Waals surface area contributed by atoms with E-state index in [9.17, 15) is 14.9 Å². The van der Waals surface area contributed by atoms with E-state index in [0.717, 1.165) is 0 Å². The SMILES string of the molecule is O=CC(Cl)(c1ccccc1)c1cc(Cl)ccc1[N+](=O)[O-].